The van der Waals surface area contributed by atoms with E-state index < -0.39 is 76.0 Å². The molecule has 3 N–H and O–H groups in total. The Hall–Kier alpha value is -10.7. The normalized spacial score (nSPS) is 24.3. The van der Waals surface area contributed by atoms with Crippen LogP contribution in [0.5, 0.6) is 17.2 Å². The fraction of sp³-hybridized carbons (Fsp3) is 0.573. The zero-order chi connectivity index (χ0) is 107. The predicted molar refractivity (Wildman–Crippen MR) is 556 cm³/mol. The first-order chi connectivity index (χ1) is 68.5. The number of aromatic nitrogens is 3. The van der Waals surface area contributed by atoms with Crippen LogP contribution >= 0.6 is 11.6 Å². The number of nitrogens with zero attached hydrogens (tertiary/aromatic N) is 15. The predicted octanol–water partition coefficient (Wildman–Crippen LogP) is 26.7. The van der Waals surface area contributed by atoms with Crippen molar-refractivity contribution in [3.05, 3.63) is 213 Å². The molecule has 0 amide bonds. The molecule has 7 aliphatic rings. The van der Waals surface area contributed by atoms with E-state index in [1.807, 2.05) is 117 Å². The molecule has 6 aliphatic heterocycles. The van der Waals surface area contributed by atoms with Crippen LogP contribution in [-0.4, -0.2) is 169 Å². The lowest BCUT2D eigenvalue weighted by Crippen LogP contribution is -2.54. The van der Waals surface area contributed by atoms with Crippen LogP contribution in [0.25, 0.3) is 17.8 Å². The lowest BCUT2D eigenvalue weighted by molar-refractivity contribution is -0.0662. The number of hydrogen-bond acceptors (Lipinski definition) is 17. The molecule has 145 heavy (non-hydrogen) atoms. The largest absolute Gasteiger partial charge is 0.507 e. The molecule has 782 valence electrons. The van der Waals surface area contributed by atoms with Gasteiger partial charge in [-0.1, -0.05) is 201 Å². The average molecular weight is 2020 g/mol. The Labute approximate surface area is 861 Å². The fourth-order valence-corrected chi connectivity index (χ4v) is 22.4. The second kappa shape index (κ2) is 51.7. The van der Waals surface area contributed by atoms with Gasteiger partial charge in [0.05, 0.1) is 48.8 Å². The van der Waals surface area contributed by atoms with Gasteiger partial charge in [-0.2, -0.15) is 41.8 Å². The van der Waals surface area contributed by atoms with Gasteiger partial charge in [-0.15, -0.1) is 11.2 Å². The second-order valence-corrected chi connectivity index (χ2v) is 45.5. The van der Waals surface area contributed by atoms with Gasteiger partial charge in [0, 0.05) is 176 Å². The molecular formula is C117H151ClF9N15O3. The molecule has 7 heterocycles. The standard InChI is InChI=1S/C20H24ClFN2.C20H26F2N2O.C20H27FN2O.C20H27FN2.C19H25N5O.C18H22F4N2/c1-5-15-6-7-16(17(21)12-15)13-24-11-9-20(8-10-23,18(22)14-24)19(2,3)4;1-5-14-10-16(21)15(11-17(14)25)12-24-9-7-20(6-8-23,18(22)13-24)19(2,3)4;1-5-16-7-6-15(12-17(16)24)13-23-11-9-20(8-10-22,18(21)14-23)19(2,3)4;1-15(2)20(9-11-22)10-12-23(14-19(20)21)13-16-3-5-17(6-4-16)18-7-8-18;1-15(2)19(5-8-20)6-11-23(12-7-19)14-16-3-4-17(18(25)13-16)24-21-9-10-22-24;1-12(2)18(5-7-23)6-8-24(11-16(18)20)10-14-9-13(17(21)22)3-4-15(14)19/h1,6-7,12,18H,8-9,11,13-14H2,2-4H3;5,10-11,18,25H,1,6-7,9,12-13H2,2-4H3;5-7,12,18,24H,1,8-9,11,13-14H2,2-4H3;3-6,15,18-19H,7-10,12-14H2,1-2H3;3-4,9-10,13,15,25H,5-7,11-12,14H2,1-2H3;3-4,9,12,16-17H,5-6,8,10-11H2,1-2H3. The summed E-state index contributed by atoms with van der Waals surface area (Å²) in [5, 5.41) is 93.6. The zero-order valence-corrected chi connectivity index (χ0v) is 88.4. The third-order valence-corrected chi connectivity index (χ3v) is 33.6. The van der Waals surface area contributed by atoms with Crippen molar-refractivity contribution in [3.63, 3.8) is 0 Å². The van der Waals surface area contributed by atoms with Crippen molar-refractivity contribution in [2.45, 2.75) is 283 Å². The summed E-state index contributed by atoms with van der Waals surface area (Å²) in [6.45, 7) is 47.6. The highest BCUT2D eigenvalue weighted by atomic mass is 35.5. The Morgan fingerprint density at radius 1 is 0.428 bits per heavy atom. The van der Waals surface area contributed by atoms with Crippen molar-refractivity contribution in [3.8, 4) is 71.7 Å². The van der Waals surface area contributed by atoms with Crippen molar-refractivity contribution in [2.75, 3.05) is 78.5 Å². The molecule has 0 radical (unpaired) electrons. The van der Waals surface area contributed by atoms with Crippen LogP contribution in [0.15, 0.2) is 135 Å². The van der Waals surface area contributed by atoms with Crippen molar-refractivity contribution >= 4 is 23.8 Å². The van der Waals surface area contributed by atoms with Gasteiger partial charge in [0.2, 0.25) is 0 Å². The molecule has 6 saturated heterocycles. The van der Waals surface area contributed by atoms with Crippen LogP contribution in [-0.2, 0) is 39.3 Å². The van der Waals surface area contributed by atoms with Gasteiger partial charge < -0.3 is 15.3 Å². The summed E-state index contributed by atoms with van der Waals surface area (Å²) in [5.41, 5.74) is 4.61. The number of phenolic OH excluding ortho intramolecular Hbond substituents is 3. The van der Waals surface area contributed by atoms with Crippen LogP contribution < -0.4 is 0 Å². The van der Waals surface area contributed by atoms with E-state index in [1.165, 1.54) is 47.0 Å². The van der Waals surface area contributed by atoms with Crippen molar-refractivity contribution in [1.82, 2.24) is 44.4 Å². The first-order valence-corrected chi connectivity index (χ1v) is 51.3. The maximum atomic E-state index is 15.1. The monoisotopic (exact) mass is 2020 g/mol. The number of alkyl halides is 7. The number of piperidine rings is 6. The lowest BCUT2D eigenvalue weighted by atomic mass is 9.59. The lowest BCUT2D eigenvalue weighted by Gasteiger charge is -2.51. The van der Waals surface area contributed by atoms with Crippen molar-refractivity contribution in [2.24, 2.45) is 66.5 Å². The average Bonchev–Trinajstić information content (AvgIpc) is 1.63. The number of nitriles is 6. The molecule has 0 bridgehead atoms. The van der Waals surface area contributed by atoms with Gasteiger partial charge in [-0.25, -0.2) is 39.5 Å². The third kappa shape index (κ3) is 29.2. The number of rotatable bonds is 26. The number of aromatic hydroxyl groups is 3. The molecule has 7 fully saturated rings. The third-order valence-electron chi connectivity index (χ3n) is 33.2. The molecule has 10 unspecified atom stereocenters. The topological polar surface area (TPSA) is 254 Å². The number of phenols is 3. The van der Waals surface area contributed by atoms with Gasteiger partial charge in [0.1, 0.15) is 65.4 Å². The van der Waals surface area contributed by atoms with E-state index in [0.717, 1.165) is 111 Å². The number of benzene rings is 6. The quantitative estimate of drug-likeness (QED) is 0.0336. The van der Waals surface area contributed by atoms with Crippen LogP contribution in [0.4, 0.5) is 39.5 Å². The zero-order valence-electron chi connectivity index (χ0n) is 87.6. The van der Waals surface area contributed by atoms with E-state index >= 15 is 13.2 Å². The molecular weight excluding hydrogens is 1870 g/mol. The maximum absolute atomic E-state index is 15.1. The highest BCUT2D eigenvalue weighted by molar-refractivity contribution is 6.31. The summed E-state index contributed by atoms with van der Waals surface area (Å²) < 4.78 is 129. The smallest absolute Gasteiger partial charge is 0.263 e. The second-order valence-electron chi connectivity index (χ2n) is 45.1. The Kier molecular flexibility index (Phi) is 42.0. The number of halogens is 10. The van der Waals surface area contributed by atoms with Crippen LogP contribution in [0.3, 0.4) is 0 Å². The first kappa shape index (κ1) is 118. The Morgan fingerprint density at radius 3 is 1.21 bits per heavy atom. The highest BCUT2D eigenvalue weighted by Crippen LogP contribution is 2.55. The molecule has 28 heteroatoms. The highest BCUT2D eigenvalue weighted by Gasteiger charge is 2.55. The van der Waals surface area contributed by atoms with E-state index in [9.17, 15) is 52.2 Å². The van der Waals surface area contributed by atoms with Gasteiger partial charge >= 0.3 is 0 Å². The van der Waals surface area contributed by atoms with E-state index in [-0.39, 0.29) is 114 Å². The van der Waals surface area contributed by atoms with Crippen LogP contribution in [0, 0.1) is 158 Å². The maximum Gasteiger partial charge on any atom is 0.263 e. The minimum absolute atomic E-state index is 0.0215. The Morgan fingerprint density at radius 2 is 0.821 bits per heavy atom. The summed E-state index contributed by atoms with van der Waals surface area (Å²) in [5.74, 6) is 3.45. The molecule has 1 aromatic heterocycles. The Balaban J connectivity index is 0.000000194. The number of hydrogen-bond donors (Lipinski definition) is 3. The van der Waals surface area contributed by atoms with Gasteiger partial charge in [0.25, 0.3) is 6.43 Å². The van der Waals surface area contributed by atoms with Crippen molar-refractivity contribution < 1.29 is 54.8 Å². The minimum atomic E-state index is -2.66. The molecule has 6 aromatic carbocycles. The molecule has 18 nitrogen and oxygen atoms in total. The SMILES string of the molecule is C#Cc1ccc(CN2CCC(CC#N)(C(C)(C)C)C(F)C2)c(Cl)c1.C=Cc1cc(F)c(CN2CCC(CC#N)(C(C)(C)C)C(F)C2)cc1O.C=Cc1ccc(CN2CCC(CC#N)(C(C)(C)C)C(F)C2)cc1O.CC(C)C1(CC#N)CCN(Cc2cc(C(F)F)ccc2F)CC1F.CC(C)C1(CC#N)CCN(Cc2ccc(-n3nccn3)c(O)c2)CC1.CC(C)C1(CC#N)CCN(Cc2ccc(C3CC3)cc2)CC1F. The molecule has 0 spiro atoms. The van der Waals surface area contributed by atoms with E-state index in [2.05, 4.69) is 137 Å². The van der Waals surface area contributed by atoms with Gasteiger partial charge in [-0.05, 0) is 231 Å². The van der Waals surface area contributed by atoms with Gasteiger partial charge in [0.15, 0.2) is 0 Å². The number of terminal acetylenes is 1. The molecule has 10 atom stereocenters. The minimum Gasteiger partial charge on any atom is -0.507 e. The Bertz CT molecular complexity index is 5740. The summed E-state index contributed by atoms with van der Waals surface area (Å²) in [4.78, 5) is 13.7. The molecule has 1 saturated carbocycles. The van der Waals surface area contributed by atoms with E-state index in [4.69, 9.17) is 39.1 Å². The summed E-state index contributed by atoms with van der Waals surface area (Å²) in [6.07, 6.45) is 13.3. The molecule has 7 aromatic rings. The van der Waals surface area contributed by atoms with E-state index in [0.29, 0.717) is 118 Å². The van der Waals surface area contributed by atoms with Crippen LogP contribution in [0.2, 0.25) is 5.02 Å². The summed E-state index contributed by atoms with van der Waals surface area (Å²) in [7, 11) is 0. The van der Waals surface area contributed by atoms with Crippen LogP contribution in [0.1, 0.15) is 274 Å². The molecule has 14 rings (SSSR count). The number of likely N-dealkylation sites (tertiary alicyclic amines) is 6. The van der Waals surface area contributed by atoms with Gasteiger partial charge in [-0.3, -0.25) is 29.4 Å². The first-order valence-electron chi connectivity index (χ1n) is 50.9. The summed E-state index contributed by atoms with van der Waals surface area (Å²) in [6, 6.07) is 44.6. The molecule has 1 aliphatic carbocycles. The fourth-order valence-electron chi connectivity index (χ4n) is 22.2. The van der Waals surface area contributed by atoms with Crippen molar-refractivity contribution in [1.29, 1.82) is 31.6 Å². The van der Waals surface area contributed by atoms with E-state index in [1.54, 1.807) is 41.6 Å². The summed E-state index contributed by atoms with van der Waals surface area (Å²) >= 11 is 6.28.